The minimum atomic E-state index is -0.605. The van der Waals surface area contributed by atoms with E-state index in [1.807, 2.05) is 27.7 Å². The predicted molar refractivity (Wildman–Crippen MR) is 61.6 cm³/mol. The lowest BCUT2D eigenvalue weighted by atomic mass is 9.83. The summed E-state index contributed by atoms with van der Waals surface area (Å²) in [4.78, 5) is 4.09. The standard InChI is InChI=1S/C11H16BNO3/c1-10(2)11(3,4)16-12(15-10)9-8(14)6-5-7-13-9/h5-7,14H,1-4H3. The van der Waals surface area contributed by atoms with Crippen LogP contribution in [0.15, 0.2) is 18.3 Å². The topological polar surface area (TPSA) is 51.6 Å². The average Bonchev–Trinajstić information content (AvgIpc) is 2.36. The molecule has 4 nitrogen and oxygen atoms in total. The molecule has 1 N–H and O–H groups in total. The molecular formula is C11H16BNO3. The van der Waals surface area contributed by atoms with E-state index >= 15 is 0 Å². The van der Waals surface area contributed by atoms with Crippen molar-refractivity contribution >= 4 is 12.7 Å². The van der Waals surface area contributed by atoms with Gasteiger partial charge in [-0.15, -0.1) is 0 Å². The number of aromatic hydroxyl groups is 1. The summed E-state index contributed by atoms with van der Waals surface area (Å²) >= 11 is 0. The predicted octanol–water partition coefficient (Wildman–Crippen LogP) is 1.09. The molecule has 0 aliphatic carbocycles. The van der Waals surface area contributed by atoms with Crippen molar-refractivity contribution in [2.75, 3.05) is 0 Å². The molecule has 0 amide bonds. The van der Waals surface area contributed by atoms with Gasteiger partial charge in [0.15, 0.2) is 0 Å². The molecule has 0 unspecified atom stereocenters. The van der Waals surface area contributed by atoms with Crippen molar-refractivity contribution in [1.29, 1.82) is 0 Å². The van der Waals surface area contributed by atoms with Crippen LogP contribution in [0.5, 0.6) is 5.75 Å². The van der Waals surface area contributed by atoms with Crippen LogP contribution in [0.1, 0.15) is 27.7 Å². The molecule has 1 aliphatic heterocycles. The van der Waals surface area contributed by atoms with Crippen LogP contribution in [-0.4, -0.2) is 28.4 Å². The third-order valence-electron chi connectivity index (χ3n) is 3.29. The minimum Gasteiger partial charge on any atom is -0.507 e. The fourth-order valence-corrected chi connectivity index (χ4v) is 1.55. The Balaban J connectivity index is 2.31. The maximum absolute atomic E-state index is 9.69. The van der Waals surface area contributed by atoms with E-state index in [4.69, 9.17) is 9.31 Å². The molecule has 1 saturated heterocycles. The van der Waals surface area contributed by atoms with Crippen molar-refractivity contribution in [1.82, 2.24) is 4.98 Å². The van der Waals surface area contributed by atoms with Gasteiger partial charge in [0.05, 0.1) is 11.2 Å². The molecule has 1 aliphatic rings. The van der Waals surface area contributed by atoms with Gasteiger partial charge in [-0.1, -0.05) is 0 Å². The summed E-state index contributed by atoms with van der Waals surface area (Å²) in [7, 11) is -0.605. The Bertz CT molecular complexity index is 390. The van der Waals surface area contributed by atoms with E-state index < -0.39 is 18.3 Å². The summed E-state index contributed by atoms with van der Waals surface area (Å²) in [5, 5.41) is 9.69. The molecule has 2 rings (SSSR count). The zero-order chi connectivity index (χ0) is 12.0. The molecule has 86 valence electrons. The van der Waals surface area contributed by atoms with Gasteiger partial charge in [-0.3, -0.25) is 4.98 Å². The Labute approximate surface area is 95.7 Å². The fraction of sp³-hybridized carbons (Fsp3) is 0.545. The minimum absolute atomic E-state index is 0.0981. The Morgan fingerprint density at radius 2 is 1.75 bits per heavy atom. The summed E-state index contributed by atoms with van der Waals surface area (Å²) in [6, 6.07) is 3.25. The van der Waals surface area contributed by atoms with Crippen LogP contribution in [-0.2, 0) is 9.31 Å². The van der Waals surface area contributed by atoms with Crippen LogP contribution in [0.3, 0.4) is 0 Å². The van der Waals surface area contributed by atoms with Crippen LogP contribution in [0.4, 0.5) is 0 Å². The van der Waals surface area contributed by atoms with Crippen molar-refractivity contribution in [3.63, 3.8) is 0 Å². The van der Waals surface area contributed by atoms with Crippen molar-refractivity contribution in [2.24, 2.45) is 0 Å². The fourth-order valence-electron chi connectivity index (χ4n) is 1.55. The third kappa shape index (κ3) is 1.70. The van der Waals surface area contributed by atoms with Crippen molar-refractivity contribution in [2.45, 2.75) is 38.9 Å². The highest BCUT2D eigenvalue weighted by Gasteiger charge is 2.53. The van der Waals surface area contributed by atoms with Gasteiger partial charge < -0.3 is 14.4 Å². The van der Waals surface area contributed by atoms with E-state index in [0.717, 1.165) is 0 Å². The molecule has 2 heterocycles. The quantitative estimate of drug-likeness (QED) is 0.721. The average molecular weight is 221 g/mol. The lowest BCUT2D eigenvalue weighted by Crippen LogP contribution is -2.41. The molecule has 0 saturated carbocycles. The number of aromatic nitrogens is 1. The third-order valence-corrected chi connectivity index (χ3v) is 3.29. The molecule has 0 spiro atoms. The van der Waals surface area contributed by atoms with Gasteiger partial charge in [0.1, 0.15) is 11.3 Å². The summed E-state index contributed by atoms with van der Waals surface area (Å²) in [6.45, 7) is 7.86. The normalized spacial score (nSPS) is 22.4. The Morgan fingerprint density at radius 1 is 1.19 bits per heavy atom. The van der Waals surface area contributed by atoms with Gasteiger partial charge in [0.25, 0.3) is 0 Å². The molecule has 1 fully saturated rings. The van der Waals surface area contributed by atoms with Crippen molar-refractivity contribution in [3.05, 3.63) is 18.3 Å². The van der Waals surface area contributed by atoms with Crippen molar-refractivity contribution in [3.8, 4) is 5.75 Å². The number of hydrogen-bond donors (Lipinski definition) is 1. The molecule has 5 heteroatoms. The first kappa shape index (κ1) is 11.4. The summed E-state index contributed by atoms with van der Waals surface area (Å²) < 4.78 is 11.6. The van der Waals surface area contributed by atoms with Gasteiger partial charge >= 0.3 is 7.12 Å². The highest BCUT2D eigenvalue weighted by atomic mass is 16.7. The van der Waals surface area contributed by atoms with Gasteiger partial charge in [-0.05, 0) is 39.8 Å². The Hall–Kier alpha value is -1.07. The molecular weight excluding hydrogens is 205 g/mol. The van der Waals surface area contributed by atoms with Gasteiger partial charge in [0.2, 0.25) is 0 Å². The molecule has 0 atom stereocenters. The Kier molecular flexibility index (Phi) is 2.47. The van der Waals surface area contributed by atoms with E-state index in [0.29, 0.717) is 5.59 Å². The first-order chi connectivity index (χ1) is 7.33. The van der Waals surface area contributed by atoms with Gasteiger partial charge in [0, 0.05) is 6.20 Å². The van der Waals surface area contributed by atoms with Crippen LogP contribution < -0.4 is 5.59 Å². The number of rotatable bonds is 1. The van der Waals surface area contributed by atoms with Crippen LogP contribution in [0.25, 0.3) is 0 Å². The van der Waals surface area contributed by atoms with Crippen LogP contribution >= 0.6 is 0 Å². The number of hydrogen-bond acceptors (Lipinski definition) is 4. The second kappa shape index (κ2) is 3.47. The molecule has 1 aromatic rings. The number of nitrogens with zero attached hydrogens (tertiary/aromatic N) is 1. The van der Waals surface area contributed by atoms with E-state index in [1.165, 1.54) is 0 Å². The molecule has 0 bridgehead atoms. The number of pyridine rings is 1. The molecule has 16 heavy (non-hydrogen) atoms. The smallest absolute Gasteiger partial charge is 0.507 e. The van der Waals surface area contributed by atoms with E-state index in [1.54, 1.807) is 18.3 Å². The summed E-state index contributed by atoms with van der Waals surface area (Å²) in [5.74, 6) is 0.0981. The first-order valence-electron chi connectivity index (χ1n) is 5.33. The molecule has 0 radical (unpaired) electrons. The van der Waals surface area contributed by atoms with E-state index in [-0.39, 0.29) is 5.75 Å². The first-order valence-corrected chi connectivity index (χ1v) is 5.33. The maximum Gasteiger partial charge on any atom is 0.518 e. The zero-order valence-electron chi connectivity index (χ0n) is 10.0. The summed E-state index contributed by atoms with van der Waals surface area (Å²) in [5.41, 5.74) is -0.398. The van der Waals surface area contributed by atoms with E-state index in [2.05, 4.69) is 4.98 Å². The zero-order valence-corrected chi connectivity index (χ0v) is 10.0. The SMILES string of the molecule is CC1(C)OB(c2ncccc2O)OC1(C)C. The largest absolute Gasteiger partial charge is 0.518 e. The highest BCUT2D eigenvalue weighted by molar-refractivity contribution is 6.62. The van der Waals surface area contributed by atoms with Gasteiger partial charge in [-0.2, -0.15) is 0 Å². The van der Waals surface area contributed by atoms with Crippen LogP contribution in [0, 0.1) is 0 Å². The van der Waals surface area contributed by atoms with Crippen LogP contribution in [0.2, 0.25) is 0 Å². The lowest BCUT2D eigenvalue weighted by molar-refractivity contribution is 0.00578. The summed E-state index contributed by atoms with van der Waals surface area (Å²) in [6.07, 6.45) is 1.61. The van der Waals surface area contributed by atoms with E-state index in [9.17, 15) is 5.11 Å². The molecule has 0 aromatic carbocycles. The lowest BCUT2D eigenvalue weighted by Gasteiger charge is -2.32. The maximum atomic E-state index is 9.69. The second-order valence-electron chi connectivity index (χ2n) is 5.00. The molecule has 1 aromatic heterocycles. The Morgan fingerprint density at radius 3 is 2.25 bits per heavy atom. The highest BCUT2D eigenvalue weighted by Crippen LogP contribution is 2.36. The van der Waals surface area contributed by atoms with Gasteiger partial charge in [-0.25, -0.2) is 0 Å². The van der Waals surface area contributed by atoms with Crippen molar-refractivity contribution < 1.29 is 14.4 Å². The second-order valence-corrected chi connectivity index (χ2v) is 5.00. The monoisotopic (exact) mass is 221 g/mol.